The average molecular weight is 292 g/mol. The van der Waals surface area contributed by atoms with E-state index in [0.29, 0.717) is 5.57 Å². The first-order chi connectivity index (χ1) is 8.77. The van der Waals surface area contributed by atoms with E-state index in [0.717, 1.165) is 5.56 Å². The molecule has 2 aromatic rings. The van der Waals surface area contributed by atoms with Gasteiger partial charge in [0.05, 0.1) is 0 Å². The first-order valence-electron chi connectivity index (χ1n) is 5.64. The summed E-state index contributed by atoms with van der Waals surface area (Å²) in [7, 11) is 0. The summed E-state index contributed by atoms with van der Waals surface area (Å²) in [6, 6.07) is 17.3. The van der Waals surface area contributed by atoms with E-state index in [9.17, 15) is 9.59 Å². The van der Waals surface area contributed by atoms with Crippen molar-refractivity contribution in [3.05, 3.63) is 78.4 Å². The molecule has 2 nitrogen and oxygen atoms in total. The van der Waals surface area contributed by atoms with Gasteiger partial charge in [0, 0.05) is 0 Å². The first kappa shape index (κ1) is 15.1. The van der Waals surface area contributed by atoms with Gasteiger partial charge in [0.25, 0.3) is 0 Å². The largest absolute Gasteiger partial charge is 2.00 e. The Bertz CT molecular complexity index is 555. The molecule has 0 unspecified atom stereocenters. The van der Waals surface area contributed by atoms with Gasteiger partial charge in [0.2, 0.25) is 0 Å². The van der Waals surface area contributed by atoms with Crippen molar-refractivity contribution in [1.29, 1.82) is 0 Å². The van der Waals surface area contributed by atoms with Crippen LogP contribution in [0.4, 0.5) is 0 Å². The molecule has 2 aromatic carbocycles. The summed E-state index contributed by atoms with van der Waals surface area (Å²) < 4.78 is 0. The number of carbonyl (C=O) groups excluding carboxylic acids is 2. The fourth-order valence-electron chi connectivity index (χ4n) is 1.61. The van der Waals surface area contributed by atoms with Crippen molar-refractivity contribution in [2.45, 2.75) is 0 Å². The summed E-state index contributed by atoms with van der Waals surface area (Å²) >= 11 is 0. The molecule has 0 atom stereocenters. The van der Waals surface area contributed by atoms with E-state index >= 15 is 0 Å². The normalized spacial score (nSPS) is 13.2. The minimum absolute atomic E-state index is 0. The number of hydrogen-bond acceptors (Lipinski definition) is 2. The molecule has 0 N–H and O–H groups in total. The molecule has 1 aliphatic carbocycles. The van der Waals surface area contributed by atoms with E-state index in [2.05, 4.69) is 0 Å². The molecule has 0 saturated carbocycles. The summed E-state index contributed by atoms with van der Waals surface area (Å²) in [5.74, 6) is -0.235. The van der Waals surface area contributed by atoms with Crippen LogP contribution in [0.25, 0.3) is 5.57 Å². The van der Waals surface area contributed by atoms with Crippen molar-refractivity contribution in [2.24, 2.45) is 0 Å². The Balaban J connectivity index is 0.000000256. The van der Waals surface area contributed by atoms with Crippen LogP contribution in [0, 0.1) is 0 Å². The molecule has 0 heterocycles. The zero-order chi connectivity index (χ0) is 12.8. The molecule has 96 valence electrons. The van der Waals surface area contributed by atoms with Crippen molar-refractivity contribution >= 4 is 17.1 Å². The molecular weight excluding hydrogens is 280 g/mol. The summed E-state index contributed by atoms with van der Waals surface area (Å²) in [6.07, 6.45) is 3.97. The van der Waals surface area contributed by atoms with Crippen molar-refractivity contribution in [3.8, 4) is 0 Å². The van der Waals surface area contributed by atoms with Gasteiger partial charge in [-0.15, -0.1) is 12.1 Å². The molecular formula is C16H12FeO2. The van der Waals surface area contributed by atoms with E-state index in [-0.39, 0.29) is 28.6 Å². The van der Waals surface area contributed by atoms with Gasteiger partial charge in [0.1, 0.15) is 11.6 Å². The molecule has 3 rings (SSSR count). The topological polar surface area (TPSA) is 34.1 Å². The zero-order valence-corrected chi connectivity index (χ0v) is 11.2. The summed E-state index contributed by atoms with van der Waals surface area (Å²) in [5, 5.41) is 0. The maximum Gasteiger partial charge on any atom is 2.00 e. The fraction of sp³-hybridized carbons (Fsp3) is 0. The second-order valence-electron chi connectivity index (χ2n) is 3.79. The van der Waals surface area contributed by atoms with Crippen LogP contribution in [-0.4, -0.2) is 11.6 Å². The minimum atomic E-state index is -0.129. The van der Waals surface area contributed by atoms with Crippen molar-refractivity contribution in [2.75, 3.05) is 0 Å². The van der Waals surface area contributed by atoms with Crippen LogP contribution in [0.2, 0.25) is 0 Å². The third kappa shape index (κ3) is 4.32. The third-order valence-electron chi connectivity index (χ3n) is 2.48. The molecule has 0 saturated heterocycles. The molecule has 1 aliphatic rings. The second kappa shape index (κ2) is 7.47. The Morgan fingerprint density at radius 2 is 1.53 bits per heavy atom. The molecule has 0 fully saturated rings. The van der Waals surface area contributed by atoms with Crippen LogP contribution in [0.1, 0.15) is 5.56 Å². The Morgan fingerprint density at radius 1 is 0.895 bits per heavy atom. The number of hydrogen-bond donors (Lipinski definition) is 0. The molecule has 0 radical (unpaired) electrons. The van der Waals surface area contributed by atoms with E-state index in [4.69, 9.17) is 0 Å². The van der Waals surface area contributed by atoms with Gasteiger partial charge in [0.15, 0.2) is 0 Å². The molecule has 3 heteroatoms. The van der Waals surface area contributed by atoms with Crippen molar-refractivity contribution in [3.63, 3.8) is 0 Å². The van der Waals surface area contributed by atoms with E-state index in [1.54, 1.807) is 0 Å². The van der Waals surface area contributed by atoms with E-state index < -0.39 is 0 Å². The zero-order valence-electron chi connectivity index (χ0n) is 10.1. The monoisotopic (exact) mass is 292 g/mol. The number of rotatable bonds is 1. The Labute approximate surface area is 122 Å². The van der Waals surface area contributed by atoms with Crippen LogP contribution >= 0.6 is 0 Å². The number of ketones is 2. The quantitative estimate of drug-likeness (QED) is 0.460. The van der Waals surface area contributed by atoms with Gasteiger partial charge in [-0.25, -0.2) is 12.1 Å². The summed E-state index contributed by atoms with van der Waals surface area (Å²) in [5.41, 5.74) is 1.29. The van der Waals surface area contributed by atoms with Gasteiger partial charge < -0.3 is 4.79 Å². The summed E-state index contributed by atoms with van der Waals surface area (Å²) in [4.78, 5) is 22.3. The van der Waals surface area contributed by atoms with Crippen molar-refractivity contribution < 1.29 is 26.7 Å². The number of carbonyl (C=O) groups is 2. The van der Waals surface area contributed by atoms with Crippen LogP contribution in [0.5, 0.6) is 0 Å². The maximum atomic E-state index is 11.3. The molecule has 19 heavy (non-hydrogen) atoms. The molecule has 0 aromatic heterocycles. The molecule has 0 aliphatic heterocycles. The van der Waals surface area contributed by atoms with Crippen LogP contribution < -0.4 is 0 Å². The third-order valence-corrected chi connectivity index (χ3v) is 2.48. The van der Waals surface area contributed by atoms with Gasteiger partial charge in [-0.2, -0.15) is 30.3 Å². The smallest absolute Gasteiger partial charge is 0.336 e. The number of allylic oxidation sites excluding steroid dienone is 4. The van der Waals surface area contributed by atoms with Crippen LogP contribution in [-0.2, 0) is 26.7 Å². The predicted molar refractivity (Wildman–Crippen MR) is 71.2 cm³/mol. The first-order valence-corrected chi connectivity index (χ1v) is 5.64. The Hall–Kier alpha value is -1.96. The minimum Gasteiger partial charge on any atom is -0.336 e. The molecule has 0 amide bonds. The maximum absolute atomic E-state index is 11.3. The van der Waals surface area contributed by atoms with E-state index in [1.165, 1.54) is 18.2 Å². The Morgan fingerprint density at radius 3 is 2.05 bits per heavy atom. The van der Waals surface area contributed by atoms with Gasteiger partial charge in [-0.05, 0) is 12.2 Å². The predicted octanol–water partition coefficient (Wildman–Crippen LogP) is 2.90. The van der Waals surface area contributed by atoms with Gasteiger partial charge in [-0.1, -0.05) is 17.2 Å². The molecule has 0 bridgehead atoms. The standard InChI is InChI=1S/C11H7O2.C5H5.Fe/c12-9-5-6-11(13)10(7-9)8-3-1-2-4-8;1-2-4-5-3-1;/h1-7H;1-5H;/q2*-1;+2. The fourth-order valence-corrected chi connectivity index (χ4v) is 1.61. The SMILES string of the molecule is O=C1C=CC(=O)C([c-]2cccc2)=C1.[Fe+2].c1cc[cH-]c1. The van der Waals surface area contributed by atoms with Gasteiger partial charge >= 0.3 is 17.1 Å². The van der Waals surface area contributed by atoms with Crippen LogP contribution in [0.3, 0.4) is 0 Å². The van der Waals surface area contributed by atoms with E-state index in [1.807, 2.05) is 54.6 Å². The Kier molecular flexibility index (Phi) is 5.94. The van der Waals surface area contributed by atoms with Crippen molar-refractivity contribution in [1.82, 2.24) is 0 Å². The molecule has 0 spiro atoms. The van der Waals surface area contributed by atoms with Gasteiger partial charge in [-0.3, -0.25) is 4.79 Å². The summed E-state index contributed by atoms with van der Waals surface area (Å²) in [6.45, 7) is 0. The van der Waals surface area contributed by atoms with Crippen LogP contribution in [0.15, 0.2) is 72.8 Å². The second-order valence-corrected chi connectivity index (χ2v) is 3.79. The average Bonchev–Trinajstić information content (AvgIpc) is 3.07.